The molecule has 1 heteroatoms. The van der Waals surface area contributed by atoms with Gasteiger partial charge in [-0.25, -0.2) is 0 Å². The molecule has 1 atom stereocenters. The van der Waals surface area contributed by atoms with Crippen LogP contribution in [0.4, 0.5) is 0 Å². The van der Waals surface area contributed by atoms with E-state index in [0.29, 0.717) is 0 Å². The average Bonchev–Trinajstić information content (AvgIpc) is 1.90. The van der Waals surface area contributed by atoms with Crippen molar-refractivity contribution in [3.63, 3.8) is 0 Å². The van der Waals surface area contributed by atoms with Crippen LogP contribution in [-0.2, 0) is 0 Å². The van der Waals surface area contributed by atoms with Crippen molar-refractivity contribution in [3.8, 4) is 0 Å². The fraction of sp³-hybridized carbons (Fsp3) is 0.500. The summed E-state index contributed by atoms with van der Waals surface area (Å²) in [6.45, 7) is 12.1. The summed E-state index contributed by atoms with van der Waals surface area (Å²) < 4.78 is 0. The minimum absolute atomic E-state index is 0.758. The Bertz CT molecular complexity index is 88.7. The molecular weight excluding hydrogens is 124 g/mol. The van der Waals surface area contributed by atoms with Gasteiger partial charge < -0.3 is 0 Å². The molecule has 0 aromatic heterocycles. The highest BCUT2D eigenvalue weighted by atomic mass is 28.3. The van der Waals surface area contributed by atoms with E-state index in [4.69, 9.17) is 0 Å². The van der Waals surface area contributed by atoms with E-state index in [1.54, 1.807) is 0 Å². The summed E-state index contributed by atoms with van der Waals surface area (Å²) in [6.07, 6.45) is 1.26. The highest BCUT2D eigenvalue weighted by Gasteiger charge is 2.08. The van der Waals surface area contributed by atoms with Gasteiger partial charge in [0.15, 0.2) is 0 Å². The Morgan fingerprint density at radius 3 is 2.00 bits per heavy atom. The van der Waals surface area contributed by atoms with Gasteiger partial charge in [0.25, 0.3) is 0 Å². The zero-order valence-electron chi connectivity index (χ0n) is 6.43. The molecule has 52 valence electrons. The molecule has 0 nitrogen and oxygen atoms in total. The Hall–Kier alpha value is -0.303. The first-order chi connectivity index (χ1) is 4.26. The molecule has 0 aromatic carbocycles. The largest absolute Gasteiger partial charge is 0.107 e. The van der Waals surface area contributed by atoms with Gasteiger partial charge in [-0.15, -0.1) is 24.6 Å². The smallest absolute Gasteiger partial charge is 0.0866 e. The van der Waals surface area contributed by atoms with Crippen LogP contribution in [-0.4, -0.2) is 8.80 Å². The first kappa shape index (κ1) is 8.70. The predicted molar refractivity (Wildman–Crippen MR) is 47.3 cm³/mol. The summed E-state index contributed by atoms with van der Waals surface area (Å²) in [5, 5.41) is 0. The summed E-state index contributed by atoms with van der Waals surface area (Å²) in [5.41, 5.74) is 5.03. The molecular formula is C8H16Si. The maximum atomic E-state index is 3.79. The first-order valence-electron chi connectivity index (χ1n) is 3.51. The van der Waals surface area contributed by atoms with Crippen LogP contribution < -0.4 is 0 Å². The molecule has 0 radical (unpaired) electrons. The fourth-order valence-corrected chi connectivity index (χ4v) is 2.50. The van der Waals surface area contributed by atoms with Crippen molar-refractivity contribution < 1.29 is 0 Å². The van der Waals surface area contributed by atoms with E-state index in [9.17, 15) is 0 Å². The standard InChI is InChI=1S/C8H16Si/c1-5-8(4)9(6-2)7-3/h6-9H,2-3,5H2,1,4H3. The quantitative estimate of drug-likeness (QED) is 0.526. The number of hydrogen-bond acceptors (Lipinski definition) is 0. The fourth-order valence-electron chi connectivity index (χ4n) is 0.833. The first-order valence-corrected chi connectivity index (χ1v) is 5.51. The number of hydrogen-bond donors (Lipinski definition) is 0. The van der Waals surface area contributed by atoms with Crippen molar-refractivity contribution in [1.82, 2.24) is 0 Å². The lowest BCUT2D eigenvalue weighted by atomic mass is 10.4. The second-order valence-corrected chi connectivity index (χ2v) is 5.67. The van der Waals surface area contributed by atoms with Gasteiger partial charge in [-0.3, -0.25) is 0 Å². The lowest BCUT2D eigenvalue weighted by Gasteiger charge is -2.11. The van der Waals surface area contributed by atoms with E-state index in [1.165, 1.54) is 6.42 Å². The Morgan fingerprint density at radius 1 is 1.44 bits per heavy atom. The molecule has 0 rings (SSSR count). The molecule has 0 saturated heterocycles. The third-order valence-corrected chi connectivity index (χ3v) is 4.72. The summed E-state index contributed by atoms with van der Waals surface area (Å²) >= 11 is 0. The van der Waals surface area contributed by atoms with Crippen LogP contribution in [0.5, 0.6) is 0 Å². The van der Waals surface area contributed by atoms with E-state index >= 15 is 0 Å². The average molecular weight is 140 g/mol. The molecule has 0 bridgehead atoms. The molecule has 0 N–H and O–H groups in total. The molecule has 0 aromatic rings. The van der Waals surface area contributed by atoms with Crippen LogP contribution in [0.1, 0.15) is 20.3 Å². The zero-order valence-corrected chi connectivity index (χ0v) is 7.59. The van der Waals surface area contributed by atoms with Crippen molar-refractivity contribution in [1.29, 1.82) is 0 Å². The molecule has 0 amide bonds. The molecule has 0 heterocycles. The van der Waals surface area contributed by atoms with Crippen molar-refractivity contribution in [2.75, 3.05) is 0 Å². The zero-order chi connectivity index (χ0) is 7.28. The molecule has 9 heavy (non-hydrogen) atoms. The second-order valence-electron chi connectivity index (χ2n) is 2.43. The lowest BCUT2D eigenvalue weighted by molar-refractivity contribution is 0.865. The van der Waals surface area contributed by atoms with Gasteiger partial charge in [0.05, 0.1) is 8.80 Å². The SMILES string of the molecule is C=C[SiH](C=C)C(C)CC. The summed E-state index contributed by atoms with van der Waals surface area (Å²) in [4.78, 5) is 0. The molecule has 0 saturated carbocycles. The van der Waals surface area contributed by atoms with Crippen molar-refractivity contribution in [2.24, 2.45) is 0 Å². The van der Waals surface area contributed by atoms with Gasteiger partial charge in [0.1, 0.15) is 0 Å². The molecule has 0 aliphatic rings. The number of rotatable bonds is 4. The van der Waals surface area contributed by atoms with Gasteiger partial charge >= 0.3 is 0 Å². The van der Waals surface area contributed by atoms with Crippen LogP contribution in [0.25, 0.3) is 0 Å². The van der Waals surface area contributed by atoms with E-state index in [2.05, 4.69) is 38.4 Å². The van der Waals surface area contributed by atoms with Crippen LogP contribution in [0, 0.1) is 0 Å². The summed E-state index contributed by atoms with van der Waals surface area (Å²) in [5.74, 6) is 0. The van der Waals surface area contributed by atoms with Gasteiger partial charge in [0.2, 0.25) is 0 Å². The van der Waals surface area contributed by atoms with Gasteiger partial charge in [0, 0.05) is 0 Å². The highest BCUT2D eigenvalue weighted by Crippen LogP contribution is 2.14. The Kier molecular flexibility index (Phi) is 4.41. The van der Waals surface area contributed by atoms with Gasteiger partial charge in [-0.2, -0.15) is 0 Å². The van der Waals surface area contributed by atoms with E-state index in [-0.39, 0.29) is 0 Å². The topological polar surface area (TPSA) is 0 Å². The van der Waals surface area contributed by atoms with Crippen LogP contribution in [0.2, 0.25) is 5.54 Å². The molecule has 0 spiro atoms. The van der Waals surface area contributed by atoms with E-state index < -0.39 is 8.80 Å². The van der Waals surface area contributed by atoms with E-state index in [1.807, 2.05) is 0 Å². The Morgan fingerprint density at radius 2 is 1.89 bits per heavy atom. The normalized spacial score (nSPS) is 13.2. The highest BCUT2D eigenvalue weighted by molar-refractivity contribution is 6.70. The van der Waals surface area contributed by atoms with Crippen LogP contribution in [0.3, 0.4) is 0 Å². The minimum atomic E-state index is -0.758. The maximum absolute atomic E-state index is 3.79. The third kappa shape index (κ3) is 2.66. The molecule has 1 unspecified atom stereocenters. The molecule has 0 fully saturated rings. The van der Waals surface area contributed by atoms with Crippen LogP contribution in [0.15, 0.2) is 24.6 Å². The molecule has 0 aliphatic heterocycles. The Labute approximate surface area is 59.9 Å². The summed E-state index contributed by atoms with van der Waals surface area (Å²) in [6, 6.07) is 0. The summed E-state index contributed by atoms with van der Waals surface area (Å²) in [7, 11) is -0.758. The van der Waals surface area contributed by atoms with Gasteiger partial charge in [-0.1, -0.05) is 20.3 Å². The molecule has 0 aliphatic carbocycles. The lowest BCUT2D eigenvalue weighted by Crippen LogP contribution is -2.11. The minimum Gasteiger partial charge on any atom is -0.107 e. The van der Waals surface area contributed by atoms with Gasteiger partial charge in [-0.05, 0) is 5.54 Å². The second kappa shape index (κ2) is 4.56. The third-order valence-electron chi connectivity index (χ3n) is 1.85. The predicted octanol–water partition coefficient (Wildman–Crippen LogP) is 2.46. The van der Waals surface area contributed by atoms with Crippen molar-refractivity contribution in [3.05, 3.63) is 24.6 Å². The maximum Gasteiger partial charge on any atom is 0.0866 e. The van der Waals surface area contributed by atoms with Crippen molar-refractivity contribution in [2.45, 2.75) is 25.8 Å². The Balaban J connectivity index is 3.77. The monoisotopic (exact) mass is 140 g/mol. The van der Waals surface area contributed by atoms with Crippen molar-refractivity contribution >= 4 is 8.80 Å². The van der Waals surface area contributed by atoms with Crippen LogP contribution >= 0.6 is 0 Å². The van der Waals surface area contributed by atoms with E-state index in [0.717, 1.165) is 5.54 Å².